The van der Waals surface area contributed by atoms with E-state index in [2.05, 4.69) is 5.32 Å². The minimum Gasteiger partial charge on any atom is -0.379 e. The normalized spacial score (nSPS) is 10.1. The summed E-state index contributed by atoms with van der Waals surface area (Å²) in [5.74, 6) is -0.0189. The predicted octanol–water partition coefficient (Wildman–Crippen LogP) is 1.88. The highest BCUT2D eigenvalue weighted by Crippen LogP contribution is 1.90. The van der Waals surface area contributed by atoms with Crippen LogP contribution in [0.1, 0.15) is 34.1 Å². The molecular weight excluding hydrogens is 178 g/mol. The maximum atomic E-state index is 11.1. The lowest BCUT2D eigenvalue weighted by Crippen LogP contribution is -2.23. The summed E-state index contributed by atoms with van der Waals surface area (Å²) in [5, 5.41) is 2.79. The fourth-order valence-corrected chi connectivity index (χ4v) is 0.916. The quantitative estimate of drug-likeness (QED) is 0.524. The van der Waals surface area contributed by atoms with Crippen molar-refractivity contribution >= 4 is 5.91 Å². The Morgan fingerprint density at radius 2 is 2.07 bits per heavy atom. The molecule has 0 radical (unpaired) electrons. The predicted molar refractivity (Wildman–Crippen MR) is 58.1 cm³/mol. The summed E-state index contributed by atoms with van der Waals surface area (Å²) in [5.41, 5.74) is 1.01. The van der Waals surface area contributed by atoms with Crippen LogP contribution in [0, 0.1) is 0 Å². The first-order chi connectivity index (χ1) is 6.52. The first kappa shape index (κ1) is 13.2. The molecule has 14 heavy (non-hydrogen) atoms. The summed E-state index contributed by atoms with van der Waals surface area (Å²) >= 11 is 0. The Labute approximate surface area is 86.5 Å². The lowest BCUT2D eigenvalue weighted by molar-refractivity contribution is -0.116. The molecule has 0 aromatic carbocycles. The minimum atomic E-state index is -0.0189. The van der Waals surface area contributed by atoms with Gasteiger partial charge in [-0.1, -0.05) is 5.57 Å². The maximum Gasteiger partial charge on any atom is 0.243 e. The molecule has 0 aliphatic rings. The van der Waals surface area contributed by atoms with E-state index in [1.807, 2.05) is 27.7 Å². The van der Waals surface area contributed by atoms with Gasteiger partial charge >= 0.3 is 0 Å². The van der Waals surface area contributed by atoms with Crippen LogP contribution < -0.4 is 5.32 Å². The van der Waals surface area contributed by atoms with Gasteiger partial charge in [0.05, 0.1) is 6.10 Å². The van der Waals surface area contributed by atoms with Crippen molar-refractivity contribution < 1.29 is 9.53 Å². The first-order valence-corrected chi connectivity index (χ1v) is 5.06. The SMILES string of the molecule is CC(C)=CC(=O)NCCCOC(C)C. The number of nitrogens with one attached hydrogen (secondary N) is 1. The first-order valence-electron chi connectivity index (χ1n) is 5.06. The van der Waals surface area contributed by atoms with Gasteiger partial charge in [-0.15, -0.1) is 0 Å². The average Bonchev–Trinajstić information content (AvgIpc) is 2.01. The lowest BCUT2D eigenvalue weighted by Gasteiger charge is -2.07. The van der Waals surface area contributed by atoms with Gasteiger partial charge in [0.1, 0.15) is 0 Å². The summed E-state index contributed by atoms with van der Waals surface area (Å²) in [6, 6.07) is 0. The number of carbonyl (C=O) groups is 1. The molecule has 82 valence electrons. The number of rotatable bonds is 6. The monoisotopic (exact) mass is 199 g/mol. The molecule has 1 amide bonds. The Kier molecular flexibility index (Phi) is 7.11. The van der Waals surface area contributed by atoms with Gasteiger partial charge in [0.15, 0.2) is 0 Å². The fourth-order valence-electron chi connectivity index (χ4n) is 0.916. The molecule has 0 bridgehead atoms. The number of hydrogen-bond donors (Lipinski definition) is 1. The molecule has 3 heteroatoms. The van der Waals surface area contributed by atoms with Gasteiger partial charge in [-0.05, 0) is 34.1 Å². The standard InChI is InChI=1S/C11H21NO2/c1-9(2)8-11(13)12-6-5-7-14-10(3)4/h8,10H,5-7H2,1-4H3,(H,12,13). The van der Waals surface area contributed by atoms with Crippen molar-refractivity contribution in [3.8, 4) is 0 Å². The molecular formula is C11H21NO2. The van der Waals surface area contributed by atoms with E-state index in [0.717, 1.165) is 12.0 Å². The molecule has 0 atom stereocenters. The molecule has 0 heterocycles. The molecule has 1 N–H and O–H groups in total. The van der Waals surface area contributed by atoms with Crippen molar-refractivity contribution in [2.75, 3.05) is 13.2 Å². The van der Waals surface area contributed by atoms with Crippen LogP contribution in [0.15, 0.2) is 11.6 Å². The molecule has 0 spiro atoms. The van der Waals surface area contributed by atoms with Crippen LogP contribution in [0.3, 0.4) is 0 Å². The summed E-state index contributed by atoms with van der Waals surface area (Å²) in [6.07, 6.45) is 2.73. The highest BCUT2D eigenvalue weighted by Gasteiger charge is 1.96. The molecule has 0 fully saturated rings. The molecule has 3 nitrogen and oxygen atoms in total. The van der Waals surface area contributed by atoms with Gasteiger partial charge < -0.3 is 10.1 Å². The Hall–Kier alpha value is -0.830. The van der Waals surface area contributed by atoms with Gasteiger partial charge in [-0.25, -0.2) is 0 Å². The summed E-state index contributed by atoms with van der Waals surface area (Å²) < 4.78 is 5.34. The Balaban J connectivity index is 3.37. The van der Waals surface area contributed by atoms with Crippen LogP contribution in [-0.2, 0) is 9.53 Å². The summed E-state index contributed by atoms with van der Waals surface area (Å²) in [7, 11) is 0. The van der Waals surface area contributed by atoms with E-state index < -0.39 is 0 Å². The molecule has 0 aliphatic heterocycles. The molecule has 0 rings (SSSR count). The van der Waals surface area contributed by atoms with E-state index >= 15 is 0 Å². The smallest absolute Gasteiger partial charge is 0.243 e. The van der Waals surface area contributed by atoms with Crippen LogP contribution in [0.25, 0.3) is 0 Å². The largest absolute Gasteiger partial charge is 0.379 e. The third kappa shape index (κ3) is 9.26. The lowest BCUT2D eigenvalue weighted by atomic mass is 10.3. The Bertz CT molecular complexity index is 193. The second kappa shape index (κ2) is 7.56. The van der Waals surface area contributed by atoms with E-state index in [4.69, 9.17) is 4.74 Å². The van der Waals surface area contributed by atoms with Gasteiger partial charge in [-0.3, -0.25) is 4.79 Å². The number of carbonyl (C=O) groups excluding carboxylic acids is 1. The van der Waals surface area contributed by atoms with Crippen molar-refractivity contribution in [3.05, 3.63) is 11.6 Å². The van der Waals surface area contributed by atoms with Crippen LogP contribution in [0.4, 0.5) is 0 Å². The van der Waals surface area contributed by atoms with Crippen LogP contribution >= 0.6 is 0 Å². The third-order valence-corrected chi connectivity index (χ3v) is 1.49. The van der Waals surface area contributed by atoms with Crippen molar-refractivity contribution in [1.82, 2.24) is 5.32 Å². The second-order valence-corrected chi connectivity index (χ2v) is 3.79. The molecule has 0 aliphatic carbocycles. The Morgan fingerprint density at radius 3 is 2.57 bits per heavy atom. The summed E-state index contributed by atoms with van der Waals surface area (Å²) in [4.78, 5) is 11.1. The fraction of sp³-hybridized carbons (Fsp3) is 0.727. The van der Waals surface area contributed by atoms with Crippen LogP contribution in [0.5, 0.6) is 0 Å². The molecule has 0 saturated heterocycles. The van der Waals surface area contributed by atoms with Crippen molar-refractivity contribution in [2.24, 2.45) is 0 Å². The topological polar surface area (TPSA) is 38.3 Å². The Morgan fingerprint density at radius 1 is 1.43 bits per heavy atom. The zero-order chi connectivity index (χ0) is 11.0. The van der Waals surface area contributed by atoms with E-state index in [9.17, 15) is 4.79 Å². The van der Waals surface area contributed by atoms with Gasteiger partial charge in [0, 0.05) is 19.2 Å². The van der Waals surface area contributed by atoms with E-state index in [1.165, 1.54) is 0 Å². The maximum absolute atomic E-state index is 11.1. The van der Waals surface area contributed by atoms with Crippen molar-refractivity contribution in [3.63, 3.8) is 0 Å². The highest BCUT2D eigenvalue weighted by atomic mass is 16.5. The van der Waals surface area contributed by atoms with E-state index in [1.54, 1.807) is 6.08 Å². The summed E-state index contributed by atoms with van der Waals surface area (Å²) in [6.45, 7) is 9.19. The van der Waals surface area contributed by atoms with Gasteiger partial charge in [-0.2, -0.15) is 0 Å². The number of amides is 1. The number of ether oxygens (including phenoxy) is 1. The highest BCUT2D eigenvalue weighted by molar-refractivity contribution is 5.87. The van der Waals surface area contributed by atoms with Crippen molar-refractivity contribution in [1.29, 1.82) is 0 Å². The number of hydrogen-bond acceptors (Lipinski definition) is 2. The molecule has 0 aromatic heterocycles. The average molecular weight is 199 g/mol. The molecule has 0 unspecified atom stereocenters. The number of allylic oxidation sites excluding steroid dienone is 1. The van der Waals surface area contributed by atoms with Gasteiger partial charge in [0.2, 0.25) is 5.91 Å². The van der Waals surface area contributed by atoms with Crippen LogP contribution in [0.2, 0.25) is 0 Å². The van der Waals surface area contributed by atoms with Crippen molar-refractivity contribution in [2.45, 2.75) is 40.2 Å². The molecule has 0 saturated carbocycles. The second-order valence-electron chi connectivity index (χ2n) is 3.79. The van der Waals surface area contributed by atoms with Gasteiger partial charge in [0.25, 0.3) is 0 Å². The van der Waals surface area contributed by atoms with E-state index in [0.29, 0.717) is 13.2 Å². The van der Waals surface area contributed by atoms with E-state index in [-0.39, 0.29) is 12.0 Å². The zero-order valence-electron chi connectivity index (χ0n) is 9.59. The molecule has 0 aromatic rings. The minimum absolute atomic E-state index is 0.0189. The zero-order valence-corrected chi connectivity index (χ0v) is 9.59. The van der Waals surface area contributed by atoms with Crippen LogP contribution in [-0.4, -0.2) is 25.2 Å². The third-order valence-electron chi connectivity index (χ3n) is 1.49.